The number of carbonyl (C=O) groups excluding carboxylic acids is 1. The summed E-state index contributed by atoms with van der Waals surface area (Å²) in [5.74, 6) is -1.66. The summed E-state index contributed by atoms with van der Waals surface area (Å²) in [6.45, 7) is 2.36. The fourth-order valence-electron chi connectivity index (χ4n) is 1.84. The van der Waals surface area contributed by atoms with Crippen LogP contribution in [0.15, 0.2) is 18.2 Å². The molecule has 1 aliphatic rings. The number of aliphatic carboxylic acids is 1. The number of halogens is 1. The lowest BCUT2D eigenvalue weighted by atomic mass is 10.2. The number of anilines is 1. The van der Waals surface area contributed by atoms with E-state index in [-0.39, 0.29) is 5.91 Å². The largest absolute Gasteiger partial charge is 0.492 e. The molecule has 0 saturated heterocycles. The number of ether oxygens (including phenoxy) is 1. The van der Waals surface area contributed by atoms with Crippen molar-refractivity contribution in [2.24, 2.45) is 11.8 Å². The van der Waals surface area contributed by atoms with Crippen LogP contribution in [0.3, 0.4) is 0 Å². The zero-order chi connectivity index (χ0) is 14.0. The lowest BCUT2D eigenvalue weighted by Crippen LogP contribution is -2.16. The molecule has 0 aromatic heterocycles. The summed E-state index contributed by atoms with van der Waals surface area (Å²) in [4.78, 5) is 22.4. The molecule has 0 radical (unpaired) electrons. The molecule has 2 atom stereocenters. The predicted molar refractivity (Wildman–Crippen MR) is 70.5 cm³/mol. The number of rotatable bonds is 5. The Morgan fingerprint density at radius 3 is 2.74 bits per heavy atom. The summed E-state index contributed by atoms with van der Waals surface area (Å²) in [5.41, 5.74) is 0.537. The van der Waals surface area contributed by atoms with Gasteiger partial charge < -0.3 is 15.2 Å². The number of carbonyl (C=O) groups is 2. The van der Waals surface area contributed by atoms with Crippen molar-refractivity contribution in [1.29, 1.82) is 0 Å². The van der Waals surface area contributed by atoms with Crippen LogP contribution in [0.5, 0.6) is 5.75 Å². The van der Waals surface area contributed by atoms with Crippen LogP contribution in [0.25, 0.3) is 0 Å². The molecule has 0 aliphatic heterocycles. The third-order valence-corrected chi connectivity index (χ3v) is 3.24. The van der Waals surface area contributed by atoms with Crippen molar-refractivity contribution >= 4 is 29.2 Å². The fraction of sp³-hybridized carbons (Fsp3) is 0.385. The van der Waals surface area contributed by atoms with Crippen LogP contribution in [0.4, 0.5) is 5.69 Å². The first-order valence-electron chi connectivity index (χ1n) is 5.99. The van der Waals surface area contributed by atoms with Gasteiger partial charge in [-0.15, -0.1) is 0 Å². The Kier molecular flexibility index (Phi) is 3.95. The van der Waals surface area contributed by atoms with E-state index in [0.29, 0.717) is 29.5 Å². The maximum atomic E-state index is 11.8. The van der Waals surface area contributed by atoms with Gasteiger partial charge in [0.2, 0.25) is 5.91 Å². The van der Waals surface area contributed by atoms with Gasteiger partial charge in [-0.2, -0.15) is 0 Å². The third kappa shape index (κ3) is 3.17. The molecule has 1 aromatic rings. The minimum Gasteiger partial charge on any atom is -0.492 e. The summed E-state index contributed by atoms with van der Waals surface area (Å²) in [6, 6.07) is 4.93. The third-order valence-electron chi connectivity index (χ3n) is 2.94. The number of amides is 1. The first-order valence-corrected chi connectivity index (χ1v) is 6.36. The number of carboxylic acids is 1. The first kappa shape index (κ1) is 13.7. The van der Waals surface area contributed by atoms with E-state index in [1.54, 1.807) is 18.2 Å². The van der Waals surface area contributed by atoms with Crippen molar-refractivity contribution in [1.82, 2.24) is 0 Å². The lowest BCUT2D eigenvalue weighted by molar-refractivity contribution is -0.139. The Morgan fingerprint density at radius 1 is 1.47 bits per heavy atom. The number of nitrogens with one attached hydrogen (secondary N) is 1. The Morgan fingerprint density at radius 2 is 2.21 bits per heavy atom. The van der Waals surface area contributed by atoms with Crippen LogP contribution in [0.2, 0.25) is 5.02 Å². The molecule has 2 unspecified atom stereocenters. The van der Waals surface area contributed by atoms with Crippen molar-refractivity contribution < 1.29 is 19.4 Å². The van der Waals surface area contributed by atoms with Crippen molar-refractivity contribution in [3.63, 3.8) is 0 Å². The lowest BCUT2D eigenvalue weighted by Gasteiger charge is -2.08. The van der Waals surface area contributed by atoms with Gasteiger partial charge in [0.15, 0.2) is 0 Å². The van der Waals surface area contributed by atoms with E-state index >= 15 is 0 Å². The molecule has 1 saturated carbocycles. The van der Waals surface area contributed by atoms with Crippen LogP contribution in [0.1, 0.15) is 13.3 Å². The molecule has 102 valence electrons. The molecular formula is C13H14ClNO4. The second kappa shape index (κ2) is 5.48. The van der Waals surface area contributed by atoms with Gasteiger partial charge in [-0.3, -0.25) is 9.59 Å². The van der Waals surface area contributed by atoms with E-state index < -0.39 is 17.8 Å². The van der Waals surface area contributed by atoms with Crippen LogP contribution in [-0.2, 0) is 9.59 Å². The Labute approximate surface area is 115 Å². The summed E-state index contributed by atoms with van der Waals surface area (Å²) in [5, 5.41) is 11.8. The molecule has 6 heteroatoms. The summed E-state index contributed by atoms with van der Waals surface area (Å²) in [6.07, 6.45) is 0.395. The quantitative estimate of drug-likeness (QED) is 0.870. The van der Waals surface area contributed by atoms with Crippen LogP contribution in [0, 0.1) is 11.8 Å². The van der Waals surface area contributed by atoms with Crippen LogP contribution in [-0.4, -0.2) is 23.6 Å². The average molecular weight is 284 g/mol. The van der Waals surface area contributed by atoms with Crippen molar-refractivity contribution in [3.8, 4) is 5.75 Å². The number of carboxylic acid groups (broad SMARTS) is 1. The second-order valence-electron chi connectivity index (χ2n) is 4.35. The highest BCUT2D eigenvalue weighted by molar-refractivity contribution is 6.32. The van der Waals surface area contributed by atoms with Crippen molar-refractivity contribution in [2.75, 3.05) is 11.9 Å². The Balaban J connectivity index is 1.98. The maximum Gasteiger partial charge on any atom is 0.307 e. The standard InChI is InChI=1S/C13H14ClNO4/c1-2-19-11-4-3-7(5-10(11)14)15-12(16)8-6-9(8)13(17)18/h3-5,8-9H,2,6H2,1H3,(H,15,16)(H,17,18). The SMILES string of the molecule is CCOc1ccc(NC(=O)C2CC2C(=O)O)cc1Cl. The number of benzene rings is 1. The van der Waals surface area contributed by atoms with Gasteiger partial charge in [0, 0.05) is 5.69 Å². The van der Waals surface area contributed by atoms with E-state index in [1.165, 1.54) is 0 Å². The summed E-state index contributed by atoms with van der Waals surface area (Å²) < 4.78 is 5.28. The molecule has 0 spiro atoms. The molecule has 1 amide bonds. The summed E-state index contributed by atoms with van der Waals surface area (Å²) in [7, 11) is 0. The highest BCUT2D eigenvalue weighted by atomic mass is 35.5. The van der Waals surface area contributed by atoms with Crippen molar-refractivity contribution in [3.05, 3.63) is 23.2 Å². The minimum atomic E-state index is -0.926. The first-order chi connectivity index (χ1) is 9.02. The topological polar surface area (TPSA) is 75.6 Å². The van der Waals surface area contributed by atoms with Crippen LogP contribution >= 0.6 is 11.6 Å². The van der Waals surface area contributed by atoms with Gasteiger partial charge in [0.25, 0.3) is 0 Å². The predicted octanol–water partition coefficient (Wildman–Crippen LogP) is 2.40. The zero-order valence-corrected chi connectivity index (χ0v) is 11.1. The van der Waals surface area contributed by atoms with Crippen molar-refractivity contribution in [2.45, 2.75) is 13.3 Å². The average Bonchev–Trinajstić information content (AvgIpc) is 3.13. The molecular weight excluding hydrogens is 270 g/mol. The second-order valence-corrected chi connectivity index (χ2v) is 4.76. The molecule has 19 heavy (non-hydrogen) atoms. The molecule has 1 aromatic carbocycles. The summed E-state index contributed by atoms with van der Waals surface area (Å²) >= 11 is 6.00. The van der Waals surface area contributed by atoms with Gasteiger partial charge in [0.1, 0.15) is 5.75 Å². The highest BCUT2D eigenvalue weighted by Crippen LogP contribution is 2.39. The van der Waals surface area contributed by atoms with Gasteiger partial charge in [-0.1, -0.05) is 11.6 Å². The molecule has 1 fully saturated rings. The fourth-order valence-corrected chi connectivity index (χ4v) is 2.08. The van der Waals surface area contributed by atoms with Gasteiger partial charge in [-0.25, -0.2) is 0 Å². The van der Waals surface area contributed by atoms with Gasteiger partial charge >= 0.3 is 5.97 Å². The van der Waals surface area contributed by atoms with E-state index in [9.17, 15) is 9.59 Å². The molecule has 0 bridgehead atoms. The molecule has 1 aliphatic carbocycles. The van der Waals surface area contributed by atoms with E-state index in [4.69, 9.17) is 21.4 Å². The number of hydrogen-bond acceptors (Lipinski definition) is 3. The van der Waals surface area contributed by atoms with E-state index in [2.05, 4.69) is 5.32 Å². The minimum absolute atomic E-state index is 0.285. The zero-order valence-electron chi connectivity index (χ0n) is 10.4. The van der Waals surface area contributed by atoms with E-state index in [0.717, 1.165) is 0 Å². The monoisotopic (exact) mass is 283 g/mol. The molecule has 0 heterocycles. The Bertz CT molecular complexity index is 517. The Hall–Kier alpha value is -1.75. The maximum absolute atomic E-state index is 11.8. The van der Waals surface area contributed by atoms with Gasteiger partial charge in [0.05, 0.1) is 23.5 Å². The molecule has 2 rings (SSSR count). The van der Waals surface area contributed by atoms with Crippen LogP contribution < -0.4 is 10.1 Å². The molecule has 2 N–H and O–H groups in total. The normalized spacial score (nSPS) is 20.7. The highest BCUT2D eigenvalue weighted by Gasteiger charge is 2.48. The molecule has 5 nitrogen and oxygen atoms in total. The van der Waals surface area contributed by atoms with Gasteiger partial charge in [-0.05, 0) is 31.5 Å². The number of hydrogen-bond donors (Lipinski definition) is 2. The smallest absolute Gasteiger partial charge is 0.307 e. The van der Waals surface area contributed by atoms with E-state index in [1.807, 2.05) is 6.92 Å².